The van der Waals surface area contributed by atoms with Crippen molar-refractivity contribution in [2.24, 2.45) is 5.92 Å². The average molecular weight is 276 g/mol. The summed E-state index contributed by atoms with van der Waals surface area (Å²) >= 11 is 6.16. The van der Waals surface area contributed by atoms with Crippen molar-refractivity contribution >= 4 is 17.3 Å². The highest BCUT2D eigenvalue weighted by Crippen LogP contribution is 2.32. The van der Waals surface area contributed by atoms with E-state index < -0.39 is 0 Å². The Kier molecular flexibility index (Phi) is 3.43. The van der Waals surface area contributed by atoms with Crippen molar-refractivity contribution in [3.63, 3.8) is 0 Å². The number of hydrogen-bond donors (Lipinski definition) is 1. The molecule has 1 aliphatic heterocycles. The monoisotopic (exact) mass is 275 g/mol. The molecule has 3 heteroatoms. The molecule has 1 aliphatic rings. The topological polar surface area (TPSA) is 12.0 Å². The van der Waals surface area contributed by atoms with Crippen molar-refractivity contribution in [2.75, 3.05) is 11.9 Å². The van der Waals surface area contributed by atoms with E-state index >= 15 is 0 Å². The van der Waals surface area contributed by atoms with Gasteiger partial charge in [0, 0.05) is 6.54 Å². The zero-order valence-corrected chi connectivity index (χ0v) is 11.3. The SMILES string of the molecule is Fc1ccc(CC2CNc3c(Cl)cccc3C2)cc1. The van der Waals surface area contributed by atoms with Crippen molar-refractivity contribution < 1.29 is 4.39 Å². The Morgan fingerprint density at radius 3 is 2.74 bits per heavy atom. The highest BCUT2D eigenvalue weighted by molar-refractivity contribution is 6.33. The summed E-state index contributed by atoms with van der Waals surface area (Å²) in [6.45, 7) is 0.911. The fourth-order valence-corrected chi connectivity index (χ4v) is 2.93. The largest absolute Gasteiger partial charge is 0.383 e. The number of para-hydroxylation sites is 1. The van der Waals surface area contributed by atoms with Gasteiger partial charge in [-0.15, -0.1) is 0 Å². The fraction of sp³-hybridized carbons (Fsp3) is 0.250. The van der Waals surface area contributed by atoms with Crippen LogP contribution in [0.1, 0.15) is 11.1 Å². The lowest BCUT2D eigenvalue weighted by Gasteiger charge is -2.27. The van der Waals surface area contributed by atoms with Gasteiger partial charge in [0.2, 0.25) is 0 Å². The second-order valence-corrected chi connectivity index (χ2v) is 5.46. The maximum Gasteiger partial charge on any atom is 0.123 e. The highest BCUT2D eigenvalue weighted by Gasteiger charge is 2.19. The van der Waals surface area contributed by atoms with Gasteiger partial charge in [0.25, 0.3) is 0 Å². The molecule has 3 rings (SSSR count). The van der Waals surface area contributed by atoms with Crippen LogP contribution in [0, 0.1) is 11.7 Å². The van der Waals surface area contributed by atoms with Crippen LogP contribution >= 0.6 is 11.6 Å². The Bertz CT molecular complexity index is 580. The quantitative estimate of drug-likeness (QED) is 0.861. The Morgan fingerprint density at radius 2 is 1.95 bits per heavy atom. The van der Waals surface area contributed by atoms with E-state index in [1.54, 1.807) is 0 Å². The number of anilines is 1. The van der Waals surface area contributed by atoms with Crippen LogP contribution in [0.4, 0.5) is 10.1 Å². The molecule has 0 fully saturated rings. The Labute approximate surface area is 117 Å². The lowest BCUT2D eigenvalue weighted by molar-refractivity contribution is 0.534. The maximum absolute atomic E-state index is 12.9. The van der Waals surface area contributed by atoms with Gasteiger partial charge in [-0.25, -0.2) is 4.39 Å². The standard InChI is InChI=1S/C16H15ClFN/c17-15-3-1-2-13-9-12(10-19-16(13)15)8-11-4-6-14(18)7-5-11/h1-7,12,19H,8-10H2. The van der Waals surface area contributed by atoms with E-state index in [0.717, 1.165) is 30.1 Å². The van der Waals surface area contributed by atoms with Gasteiger partial charge in [0.15, 0.2) is 0 Å². The molecule has 1 heterocycles. The van der Waals surface area contributed by atoms with Crippen molar-refractivity contribution in [2.45, 2.75) is 12.8 Å². The second kappa shape index (κ2) is 5.22. The Morgan fingerprint density at radius 1 is 1.16 bits per heavy atom. The maximum atomic E-state index is 12.9. The van der Waals surface area contributed by atoms with Gasteiger partial charge in [0.05, 0.1) is 10.7 Å². The number of rotatable bonds is 2. The minimum absolute atomic E-state index is 0.178. The van der Waals surface area contributed by atoms with Crippen LogP contribution in [0.25, 0.3) is 0 Å². The first kappa shape index (κ1) is 12.5. The van der Waals surface area contributed by atoms with Gasteiger partial charge in [0.1, 0.15) is 5.82 Å². The van der Waals surface area contributed by atoms with E-state index in [1.165, 1.54) is 23.3 Å². The van der Waals surface area contributed by atoms with Crippen molar-refractivity contribution in [1.29, 1.82) is 0 Å². The molecule has 19 heavy (non-hydrogen) atoms. The molecule has 98 valence electrons. The smallest absolute Gasteiger partial charge is 0.123 e. The van der Waals surface area contributed by atoms with E-state index in [0.29, 0.717) is 5.92 Å². The molecule has 0 aromatic heterocycles. The summed E-state index contributed by atoms with van der Waals surface area (Å²) in [7, 11) is 0. The Balaban J connectivity index is 1.74. The number of hydrogen-bond acceptors (Lipinski definition) is 1. The molecule has 1 atom stereocenters. The predicted molar refractivity (Wildman–Crippen MR) is 77.2 cm³/mol. The highest BCUT2D eigenvalue weighted by atomic mass is 35.5. The molecule has 2 aromatic rings. The molecule has 0 saturated carbocycles. The molecule has 0 radical (unpaired) electrons. The Hall–Kier alpha value is -1.54. The second-order valence-electron chi connectivity index (χ2n) is 5.06. The van der Waals surface area contributed by atoms with Crippen molar-refractivity contribution in [3.8, 4) is 0 Å². The molecule has 2 aromatic carbocycles. The van der Waals surface area contributed by atoms with Gasteiger partial charge >= 0.3 is 0 Å². The summed E-state index contributed by atoms with van der Waals surface area (Å²) in [6.07, 6.45) is 1.97. The first-order valence-corrected chi connectivity index (χ1v) is 6.86. The summed E-state index contributed by atoms with van der Waals surface area (Å²) in [5, 5.41) is 4.20. The average Bonchev–Trinajstić information content (AvgIpc) is 2.42. The minimum atomic E-state index is -0.178. The van der Waals surface area contributed by atoms with Crippen LogP contribution in [0.5, 0.6) is 0 Å². The number of halogens is 2. The van der Waals surface area contributed by atoms with Gasteiger partial charge in [-0.2, -0.15) is 0 Å². The third-order valence-corrected chi connectivity index (χ3v) is 3.93. The zero-order chi connectivity index (χ0) is 13.2. The lowest BCUT2D eigenvalue weighted by Crippen LogP contribution is -2.25. The lowest BCUT2D eigenvalue weighted by atomic mass is 9.89. The van der Waals surface area contributed by atoms with E-state index in [9.17, 15) is 4.39 Å². The first-order valence-electron chi connectivity index (χ1n) is 6.48. The summed E-state index contributed by atoms with van der Waals surface area (Å²) in [4.78, 5) is 0. The summed E-state index contributed by atoms with van der Waals surface area (Å²) in [6, 6.07) is 12.8. The van der Waals surface area contributed by atoms with Gasteiger partial charge < -0.3 is 5.32 Å². The van der Waals surface area contributed by atoms with E-state index in [2.05, 4.69) is 11.4 Å². The molecule has 0 aliphatic carbocycles. The number of fused-ring (bicyclic) bond motifs is 1. The first-order chi connectivity index (χ1) is 9.22. The summed E-state index contributed by atoms with van der Waals surface area (Å²) in [5.41, 5.74) is 3.52. The summed E-state index contributed by atoms with van der Waals surface area (Å²) < 4.78 is 12.9. The van der Waals surface area contributed by atoms with Crippen LogP contribution in [-0.4, -0.2) is 6.54 Å². The molecule has 0 saturated heterocycles. The van der Waals surface area contributed by atoms with Crippen LogP contribution in [0.15, 0.2) is 42.5 Å². The van der Waals surface area contributed by atoms with Gasteiger partial charge in [-0.1, -0.05) is 35.9 Å². The zero-order valence-electron chi connectivity index (χ0n) is 10.5. The van der Waals surface area contributed by atoms with E-state index in [4.69, 9.17) is 11.6 Å². The molecule has 1 N–H and O–H groups in total. The van der Waals surface area contributed by atoms with Crippen LogP contribution in [0.3, 0.4) is 0 Å². The van der Waals surface area contributed by atoms with Gasteiger partial charge in [-0.05, 0) is 48.1 Å². The van der Waals surface area contributed by atoms with Crippen LogP contribution in [0.2, 0.25) is 5.02 Å². The van der Waals surface area contributed by atoms with Crippen LogP contribution in [-0.2, 0) is 12.8 Å². The molecule has 0 spiro atoms. The predicted octanol–water partition coefficient (Wildman–Crippen LogP) is 4.31. The molecule has 1 unspecified atom stereocenters. The van der Waals surface area contributed by atoms with E-state index in [-0.39, 0.29) is 5.82 Å². The molecule has 0 bridgehead atoms. The third-order valence-electron chi connectivity index (χ3n) is 3.61. The van der Waals surface area contributed by atoms with Crippen molar-refractivity contribution in [3.05, 3.63) is 64.4 Å². The number of benzene rings is 2. The fourth-order valence-electron chi connectivity index (χ4n) is 2.66. The van der Waals surface area contributed by atoms with E-state index in [1.807, 2.05) is 24.3 Å². The van der Waals surface area contributed by atoms with Crippen molar-refractivity contribution in [1.82, 2.24) is 0 Å². The molecule has 0 amide bonds. The number of nitrogens with one attached hydrogen (secondary N) is 1. The molecular weight excluding hydrogens is 261 g/mol. The normalized spacial score (nSPS) is 17.7. The minimum Gasteiger partial charge on any atom is -0.383 e. The molecule has 1 nitrogen and oxygen atoms in total. The van der Waals surface area contributed by atoms with Gasteiger partial charge in [-0.3, -0.25) is 0 Å². The summed E-state index contributed by atoms with van der Waals surface area (Å²) in [5.74, 6) is 0.346. The molecular formula is C16H15ClFN. The van der Waals surface area contributed by atoms with Crippen LogP contribution < -0.4 is 5.32 Å². The third kappa shape index (κ3) is 2.74.